The summed E-state index contributed by atoms with van der Waals surface area (Å²) in [6, 6.07) is 4.07. The van der Waals surface area contributed by atoms with Crippen molar-refractivity contribution in [3.63, 3.8) is 0 Å². The van der Waals surface area contributed by atoms with Crippen molar-refractivity contribution in [2.75, 3.05) is 18.0 Å². The zero-order valence-electron chi connectivity index (χ0n) is 9.26. The van der Waals surface area contributed by atoms with Gasteiger partial charge < -0.3 is 4.90 Å². The second-order valence-corrected chi connectivity index (χ2v) is 4.86. The van der Waals surface area contributed by atoms with Crippen molar-refractivity contribution < 1.29 is 0 Å². The molecule has 1 aliphatic heterocycles. The van der Waals surface area contributed by atoms with Crippen LogP contribution in [-0.4, -0.2) is 18.1 Å². The molecule has 16 heavy (non-hydrogen) atoms. The third-order valence-corrected chi connectivity index (χ3v) is 3.99. The second kappa shape index (κ2) is 3.79. The van der Waals surface area contributed by atoms with Gasteiger partial charge in [0.15, 0.2) is 0 Å². The molecule has 1 aromatic rings. The number of hydrogen-bond donors (Lipinski definition) is 0. The van der Waals surface area contributed by atoms with E-state index in [0.29, 0.717) is 0 Å². The summed E-state index contributed by atoms with van der Waals surface area (Å²) in [6.45, 7) is 2.23. The van der Waals surface area contributed by atoms with E-state index in [2.05, 4.69) is 16.0 Å². The van der Waals surface area contributed by atoms with Crippen LogP contribution in [0.25, 0.3) is 0 Å². The highest BCUT2D eigenvalue weighted by Crippen LogP contribution is 2.39. The summed E-state index contributed by atoms with van der Waals surface area (Å²) >= 11 is 0. The molecule has 1 aliphatic carbocycles. The first-order valence-corrected chi connectivity index (χ1v) is 5.97. The first-order valence-electron chi connectivity index (χ1n) is 5.97. The highest BCUT2D eigenvalue weighted by molar-refractivity contribution is 5.58. The summed E-state index contributed by atoms with van der Waals surface area (Å²) in [6.07, 6.45) is 7.65. The summed E-state index contributed by atoms with van der Waals surface area (Å²) in [5.74, 6) is 1.71. The standard InChI is InChI=1S/C13H15N3/c14-6-10-4-5-15-7-13(10)16-8-11-2-1-3-12(11)9-16/h4-5,7,11-12H,1-3,8-9H2. The highest BCUT2D eigenvalue weighted by atomic mass is 15.2. The van der Waals surface area contributed by atoms with E-state index in [-0.39, 0.29) is 0 Å². The van der Waals surface area contributed by atoms with Crippen molar-refractivity contribution in [1.82, 2.24) is 4.98 Å². The molecular formula is C13H15N3. The molecule has 3 nitrogen and oxygen atoms in total. The highest BCUT2D eigenvalue weighted by Gasteiger charge is 2.36. The Bertz CT molecular complexity index is 423. The third kappa shape index (κ3) is 1.46. The van der Waals surface area contributed by atoms with E-state index in [9.17, 15) is 0 Å². The predicted octanol–water partition coefficient (Wildman–Crippen LogP) is 2.19. The van der Waals surface area contributed by atoms with Gasteiger partial charge in [0, 0.05) is 19.3 Å². The predicted molar refractivity (Wildman–Crippen MR) is 62.0 cm³/mol. The van der Waals surface area contributed by atoms with E-state index in [1.54, 1.807) is 6.20 Å². The first kappa shape index (κ1) is 9.65. The van der Waals surface area contributed by atoms with Gasteiger partial charge in [-0.1, -0.05) is 6.42 Å². The van der Waals surface area contributed by atoms with E-state index >= 15 is 0 Å². The Hall–Kier alpha value is -1.56. The molecule has 2 unspecified atom stereocenters. The molecule has 1 saturated carbocycles. The number of rotatable bonds is 1. The van der Waals surface area contributed by atoms with Crippen LogP contribution in [0.3, 0.4) is 0 Å². The molecule has 0 amide bonds. The van der Waals surface area contributed by atoms with Crippen molar-refractivity contribution in [3.05, 3.63) is 24.0 Å². The molecular weight excluding hydrogens is 198 g/mol. The average Bonchev–Trinajstić information content (AvgIpc) is 2.89. The van der Waals surface area contributed by atoms with Crippen LogP contribution in [0.2, 0.25) is 0 Å². The summed E-state index contributed by atoms with van der Waals surface area (Å²) in [5, 5.41) is 9.08. The van der Waals surface area contributed by atoms with Gasteiger partial charge in [-0.25, -0.2) is 0 Å². The van der Waals surface area contributed by atoms with Gasteiger partial charge in [0.1, 0.15) is 6.07 Å². The molecule has 82 valence electrons. The zero-order chi connectivity index (χ0) is 11.0. The summed E-state index contributed by atoms with van der Waals surface area (Å²) in [4.78, 5) is 6.49. The molecule has 3 heteroatoms. The fourth-order valence-electron chi connectivity index (χ4n) is 3.16. The third-order valence-electron chi connectivity index (χ3n) is 3.99. The first-order chi connectivity index (χ1) is 7.88. The van der Waals surface area contributed by atoms with Crippen molar-refractivity contribution in [2.45, 2.75) is 19.3 Å². The van der Waals surface area contributed by atoms with E-state index in [1.165, 1.54) is 19.3 Å². The van der Waals surface area contributed by atoms with Crippen LogP contribution in [0.15, 0.2) is 18.5 Å². The molecule has 0 spiro atoms. The minimum absolute atomic E-state index is 0.759. The Morgan fingerprint density at radius 2 is 2.06 bits per heavy atom. The van der Waals surface area contributed by atoms with Gasteiger partial charge in [0.05, 0.1) is 17.4 Å². The fraction of sp³-hybridized carbons (Fsp3) is 0.538. The van der Waals surface area contributed by atoms with Crippen LogP contribution in [0, 0.1) is 23.2 Å². The molecule has 3 rings (SSSR count). The van der Waals surface area contributed by atoms with Crippen LogP contribution in [0.4, 0.5) is 5.69 Å². The number of anilines is 1. The number of fused-ring (bicyclic) bond motifs is 1. The molecule has 2 fully saturated rings. The molecule has 0 N–H and O–H groups in total. The number of nitriles is 1. The SMILES string of the molecule is N#Cc1ccncc1N1CC2CCCC2C1. The molecule has 2 aliphatic rings. The Labute approximate surface area is 95.7 Å². The molecule has 0 aromatic carbocycles. The van der Waals surface area contributed by atoms with Crippen molar-refractivity contribution in [1.29, 1.82) is 5.26 Å². The maximum atomic E-state index is 9.08. The van der Waals surface area contributed by atoms with Crippen LogP contribution in [-0.2, 0) is 0 Å². The zero-order valence-corrected chi connectivity index (χ0v) is 9.26. The van der Waals surface area contributed by atoms with E-state index in [1.807, 2.05) is 12.3 Å². The van der Waals surface area contributed by atoms with Gasteiger partial charge in [-0.3, -0.25) is 4.98 Å². The maximum Gasteiger partial charge on any atom is 0.101 e. The van der Waals surface area contributed by atoms with Gasteiger partial charge in [0.25, 0.3) is 0 Å². The van der Waals surface area contributed by atoms with Crippen LogP contribution in [0.5, 0.6) is 0 Å². The van der Waals surface area contributed by atoms with Gasteiger partial charge in [-0.05, 0) is 30.7 Å². The van der Waals surface area contributed by atoms with Crippen LogP contribution in [0.1, 0.15) is 24.8 Å². The van der Waals surface area contributed by atoms with Crippen LogP contribution >= 0.6 is 0 Å². The normalized spacial score (nSPS) is 27.8. The van der Waals surface area contributed by atoms with Gasteiger partial charge in [0.2, 0.25) is 0 Å². The van der Waals surface area contributed by atoms with Crippen LogP contribution < -0.4 is 4.90 Å². The number of pyridine rings is 1. The molecule has 2 heterocycles. The van der Waals surface area contributed by atoms with E-state index < -0.39 is 0 Å². The Morgan fingerprint density at radius 1 is 1.31 bits per heavy atom. The monoisotopic (exact) mass is 213 g/mol. The lowest BCUT2D eigenvalue weighted by Gasteiger charge is -2.19. The summed E-state index contributed by atoms with van der Waals surface area (Å²) in [5.41, 5.74) is 1.79. The molecule has 0 bridgehead atoms. The molecule has 0 radical (unpaired) electrons. The Kier molecular flexibility index (Phi) is 2.28. The fourth-order valence-corrected chi connectivity index (χ4v) is 3.16. The molecule has 1 aromatic heterocycles. The topological polar surface area (TPSA) is 39.9 Å². The average molecular weight is 213 g/mol. The lowest BCUT2D eigenvalue weighted by molar-refractivity contribution is 0.494. The van der Waals surface area contributed by atoms with Crippen molar-refractivity contribution in [3.8, 4) is 6.07 Å². The van der Waals surface area contributed by atoms with Crippen molar-refractivity contribution in [2.24, 2.45) is 11.8 Å². The number of aromatic nitrogens is 1. The Morgan fingerprint density at radius 3 is 2.75 bits per heavy atom. The van der Waals surface area contributed by atoms with Gasteiger partial charge >= 0.3 is 0 Å². The lowest BCUT2D eigenvalue weighted by Crippen LogP contribution is -2.21. The molecule has 1 saturated heterocycles. The maximum absolute atomic E-state index is 9.08. The van der Waals surface area contributed by atoms with Gasteiger partial charge in [-0.15, -0.1) is 0 Å². The summed E-state index contributed by atoms with van der Waals surface area (Å²) < 4.78 is 0. The Balaban J connectivity index is 1.86. The quantitative estimate of drug-likeness (QED) is 0.718. The molecule has 2 atom stereocenters. The summed E-state index contributed by atoms with van der Waals surface area (Å²) in [7, 11) is 0. The smallest absolute Gasteiger partial charge is 0.101 e. The number of hydrogen-bond acceptors (Lipinski definition) is 3. The van der Waals surface area contributed by atoms with Gasteiger partial charge in [-0.2, -0.15) is 5.26 Å². The number of nitrogens with zero attached hydrogens (tertiary/aromatic N) is 3. The largest absolute Gasteiger partial charge is 0.369 e. The van der Waals surface area contributed by atoms with E-state index in [0.717, 1.165) is 36.2 Å². The second-order valence-electron chi connectivity index (χ2n) is 4.86. The minimum atomic E-state index is 0.759. The lowest BCUT2D eigenvalue weighted by atomic mass is 10.0. The van der Waals surface area contributed by atoms with E-state index in [4.69, 9.17) is 5.26 Å². The minimum Gasteiger partial charge on any atom is -0.369 e. The van der Waals surface area contributed by atoms with Crippen molar-refractivity contribution >= 4 is 5.69 Å².